The van der Waals surface area contributed by atoms with Crippen molar-refractivity contribution >= 4 is 22.6 Å². The molecule has 0 radical (unpaired) electrons. The van der Waals surface area contributed by atoms with Gasteiger partial charge in [0.15, 0.2) is 5.78 Å². The quantitative estimate of drug-likeness (QED) is 0.673. The fourth-order valence-electron chi connectivity index (χ4n) is 4.69. The van der Waals surface area contributed by atoms with Gasteiger partial charge in [-0.3, -0.25) is 9.59 Å². The minimum Gasteiger partial charge on any atom is -0.486 e. The van der Waals surface area contributed by atoms with E-state index in [1.54, 1.807) is 0 Å². The molecule has 1 amide bonds. The third-order valence-corrected chi connectivity index (χ3v) is 6.23. The van der Waals surface area contributed by atoms with E-state index in [-0.39, 0.29) is 18.3 Å². The molecule has 0 saturated carbocycles. The number of piperidine rings is 1. The van der Waals surface area contributed by atoms with Crippen LogP contribution in [0.25, 0.3) is 10.9 Å². The van der Waals surface area contributed by atoms with Crippen LogP contribution in [0.1, 0.15) is 40.2 Å². The monoisotopic (exact) mass is 388 g/mol. The lowest BCUT2D eigenvalue weighted by Gasteiger charge is -2.32. The second-order valence-corrected chi connectivity index (χ2v) is 8.11. The fraction of sp³-hybridized carbons (Fsp3) is 0.333. The number of hydrogen-bond acceptors (Lipinski definition) is 3. The molecule has 2 aliphatic heterocycles. The molecule has 0 spiro atoms. The normalized spacial score (nSPS) is 17.3. The molecule has 5 rings (SSSR count). The molecular weight excluding hydrogens is 364 g/mol. The standard InChI is InChI=1S/C24H24N2O3/c1-25-14-21(20-4-2-3-5-22(20)25)16-8-10-26(11-9-16)24(28)17-6-7-23-18(12-17)13-19(27)15-29-23/h2-7,12,14,16H,8-11,13,15H2,1H3. The molecule has 5 nitrogen and oxygen atoms in total. The van der Waals surface area contributed by atoms with Crippen LogP contribution in [0.2, 0.25) is 0 Å². The number of fused-ring (bicyclic) bond motifs is 2. The lowest BCUT2D eigenvalue weighted by molar-refractivity contribution is -0.121. The van der Waals surface area contributed by atoms with Crippen molar-refractivity contribution in [3.8, 4) is 5.75 Å². The van der Waals surface area contributed by atoms with Crippen LogP contribution in [0.15, 0.2) is 48.7 Å². The van der Waals surface area contributed by atoms with Gasteiger partial charge < -0.3 is 14.2 Å². The molecule has 5 heteroatoms. The third-order valence-electron chi connectivity index (χ3n) is 6.23. The molecule has 2 aliphatic rings. The maximum atomic E-state index is 13.0. The Labute approximate surface area is 169 Å². The first-order chi connectivity index (χ1) is 14.1. The molecule has 3 aromatic rings. The number of Topliss-reactive ketones (excluding diaryl/α,β-unsaturated/α-hetero) is 1. The number of benzene rings is 2. The van der Waals surface area contributed by atoms with Gasteiger partial charge >= 0.3 is 0 Å². The Morgan fingerprint density at radius 3 is 2.72 bits per heavy atom. The summed E-state index contributed by atoms with van der Waals surface area (Å²) in [5.74, 6) is 1.29. The zero-order valence-electron chi connectivity index (χ0n) is 16.6. The highest BCUT2D eigenvalue weighted by atomic mass is 16.5. The predicted octanol–water partition coefficient (Wildman–Crippen LogP) is 3.70. The van der Waals surface area contributed by atoms with Crippen LogP contribution in [0.4, 0.5) is 0 Å². The Morgan fingerprint density at radius 1 is 1.10 bits per heavy atom. The Morgan fingerprint density at radius 2 is 1.90 bits per heavy atom. The molecule has 1 fully saturated rings. The molecule has 0 aliphatic carbocycles. The first kappa shape index (κ1) is 18.0. The van der Waals surface area contributed by atoms with Crippen molar-refractivity contribution in [1.82, 2.24) is 9.47 Å². The Balaban J connectivity index is 1.31. The summed E-state index contributed by atoms with van der Waals surface area (Å²) in [6.45, 7) is 1.63. The molecule has 0 atom stereocenters. The van der Waals surface area contributed by atoms with Gasteiger partial charge in [-0.1, -0.05) is 18.2 Å². The number of carbonyl (C=O) groups excluding carboxylic acids is 2. The molecular formula is C24H24N2O3. The van der Waals surface area contributed by atoms with Gasteiger partial charge in [-0.05, 0) is 48.6 Å². The SMILES string of the molecule is Cn1cc(C2CCN(C(=O)c3ccc4c(c3)CC(=O)CO4)CC2)c2ccccc21. The number of likely N-dealkylation sites (tertiary alicyclic amines) is 1. The van der Waals surface area contributed by atoms with Crippen LogP contribution in [-0.4, -0.2) is 40.9 Å². The molecule has 3 heterocycles. The van der Waals surface area contributed by atoms with Crippen LogP contribution in [0, 0.1) is 0 Å². The molecule has 1 aromatic heterocycles. The molecule has 0 unspecified atom stereocenters. The zero-order chi connectivity index (χ0) is 20.0. The number of nitrogens with zero attached hydrogens (tertiary/aromatic N) is 2. The van der Waals surface area contributed by atoms with Crippen molar-refractivity contribution < 1.29 is 14.3 Å². The number of ketones is 1. The smallest absolute Gasteiger partial charge is 0.253 e. The molecule has 2 aromatic carbocycles. The average Bonchev–Trinajstić information content (AvgIpc) is 3.09. The van der Waals surface area contributed by atoms with Gasteiger partial charge in [0.25, 0.3) is 5.91 Å². The van der Waals surface area contributed by atoms with E-state index in [2.05, 4.69) is 42.1 Å². The number of amides is 1. The van der Waals surface area contributed by atoms with Gasteiger partial charge in [0.1, 0.15) is 12.4 Å². The largest absolute Gasteiger partial charge is 0.486 e. The Bertz CT molecular complexity index is 1110. The van der Waals surface area contributed by atoms with E-state index in [0.29, 0.717) is 17.9 Å². The maximum absolute atomic E-state index is 13.0. The Hall–Kier alpha value is -3.08. The third kappa shape index (κ3) is 3.20. The van der Waals surface area contributed by atoms with Crippen LogP contribution in [0.5, 0.6) is 5.75 Å². The summed E-state index contributed by atoms with van der Waals surface area (Å²) in [7, 11) is 2.09. The minimum absolute atomic E-state index is 0.0437. The number of rotatable bonds is 2. The molecule has 1 saturated heterocycles. The van der Waals surface area contributed by atoms with E-state index in [4.69, 9.17) is 4.74 Å². The maximum Gasteiger partial charge on any atom is 0.253 e. The van der Waals surface area contributed by atoms with Crippen LogP contribution < -0.4 is 4.74 Å². The summed E-state index contributed by atoms with van der Waals surface area (Å²) in [5.41, 5.74) is 4.11. The van der Waals surface area contributed by atoms with Crippen molar-refractivity contribution in [3.63, 3.8) is 0 Å². The highest BCUT2D eigenvalue weighted by molar-refractivity contribution is 5.95. The summed E-state index contributed by atoms with van der Waals surface area (Å²) in [6.07, 6.45) is 4.52. The number of aryl methyl sites for hydroxylation is 1. The van der Waals surface area contributed by atoms with Gasteiger partial charge in [-0.2, -0.15) is 0 Å². The second-order valence-electron chi connectivity index (χ2n) is 8.11. The van der Waals surface area contributed by atoms with E-state index in [1.807, 2.05) is 23.1 Å². The van der Waals surface area contributed by atoms with Crippen LogP contribution >= 0.6 is 0 Å². The zero-order valence-corrected chi connectivity index (χ0v) is 16.6. The van der Waals surface area contributed by atoms with Gasteiger partial charge in [0, 0.05) is 54.8 Å². The van der Waals surface area contributed by atoms with Gasteiger partial charge in [0.05, 0.1) is 0 Å². The molecule has 29 heavy (non-hydrogen) atoms. The van der Waals surface area contributed by atoms with Crippen molar-refractivity contribution in [2.75, 3.05) is 19.7 Å². The predicted molar refractivity (Wildman–Crippen MR) is 111 cm³/mol. The van der Waals surface area contributed by atoms with Crippen LogP contribution in [0.3, 0.4) is 0 Å². The van der Waals surface area contributed by atoms with E-state index in [1.165, 1.54) is 16.5 Å². The fourth-order valence-corrected chi connectivity index (χ4v) is 4.69. The second kappa shape index (κ2) is 7.07. The van der Waals surface area contributed by atoms with Gasteiger partial charge in [-0.25, -0.2) is 0 Å². The van der Waals surface area contributed by atoms with Crippen molar-refractivity contribution in [2.24, 2.45) is 7.05 Å². The lowest BCUT2D eigenvalue weighted by Crippen LogP contribution is -2.38. The summed E-state index contributed by atoms with van der Waals surface area (Å²) >= 11 is 0. The number of aromatic nitrogens is 1. The van der Waals surface area contributed by atoms with E-state index in [9.17, 15) is 9.59 Å². The topological polar surface area (TPSA) is 51.5 Å². The summed E-state index contributed by atoms with van der Waals surface area (Å²) in [4.78, 5) is 26.6. The Kier molecular flexibility index (Phi) is 4.38. The molecule has 148 valence electrons. The van der Waals surface area contributed by atoms with E-state index in [0.717, 1.165) is 37.2 Å². The summed E-state index contributed by atoms with van der Waals surface area (Å²) < 4.78 is 7.63. The number of carbonyl (C=O) groups is 2. The van der Waals surface area contributed by atoms with Crippen molar-refractivity contribution in [1.29, 1.82) is 0 Å². The summed E-state index contributed by atoms with van der Waals surface area (Å²) in [6, 6.07) is 14.0. The number of ether oxygens (including phenoxy) is 1. The van der Waals surface area contributed by atoms with Gasteiger partial charge in [0.2, 0.25) is 0 Å². The molecule has 0 N–H and O–H groups in total. The van der Waals surface area contributed by atoms with E-state index < -0.39 is 0 Å². The average molecular weight is 388 g/mol. The lowest BCUT2D eigenvalue weighted by atomic mass is 9.89. The highest BCUT2D eigenvalue weighted by Gasteiger charge is 2.27. The van der Waals surface area contributed by atoms with Crippen molar-refractivity contribution in [3.05, 3.63) is 65.4 Å². The first-order valence-corrected chi connectivity index (χ1v) is 10.2. The van der Waals surface area contributed by atoms with Crippen molar-refractivity contribution in [2.45, 2.75) is 25.2 Å². The number of hydrogen-bond donors (Lipinski definition) is 0. The molecule has 0 bridgehead atoms. The first-order valence-electron chi connectivity index (χ1n) is 10.2. The summed E-state index contributed by atoms with van der Waals surface area (Å²) in [5, 5.41) is 1.32. The minimum atomic E-state index is 0.0437. The van der Waals surface area contributed by atoms with Gasteiger partial charge in [-0.15, -0.1) is 0 Å². The van der Waals surface area contributed by atoms with Crippen LogP contribution in [-0.2, 0) is 18.3 Å². The highest BCUT2D eigenvalue weighted by Crippen LogP contribution is 2.34. The number of para-hydroxylation sites is 1. The van der Waals surface area contributed by atoms with E-state index >= 15 is 0 Å².